The Morgan fingerprint density at radius 1 is 1.53 bits per heavy atom. The number of rotatable bonds is 7. The van der Waals surface area contributed by atoms with Crippen LogP contribution < -0.4 is 0 Å². The average molecular weight is 242 g/mol. The van der Waals surface area contributed by atoms with Crippen molar-refractivity contribution >= 4 is 5.97 Å². The number of hydrogen-bond acceptors (Lipinski definition) is 4. The fourth-order valence-corrected chi connectivity index (χ4v) is 1.46. The molecule has 0 aromatic heterocycles. The summed E-state index contributed by atoms with van der Waals surface area (Å²) in [4.78, 5) is 11.2. The topological polar surface area (TPSA) is 44.8 Å². The Kier molecular flexibility index (Phi) is 5.15. The highest BCUT2D eigenvalue weighted by atomic mass is 16.6. The molecule has 0 aliphatic carbocycles. The predicted molar refractivity (Wildman–Crippen MR) is 64.7 cm³/mol. The lowest BCUT2D eigenvalue weighted by atomic mass is 9.84. The molecule has 17 heavy (non-hydrogen) atoms. The highest BCUT2D eigenvalue weighted by Gasteiger charge is 2.37. The first kappa shape index (κ1) is 14.2. The zero-order valence-corrected chi connectivity index (χ0v) is 11.0. The minimum atomic E-state index is -0.363. The van der Waals surface area contributed by atoms with Gasteiger partial charge < -0.3 is 14.2 Å². The fraction of sp³-hybridized carbons (Fsp3) is 0.769. The minimum Gasteiger partial charge on any atom is -0.460 e. The molecule has 0 saturated carbocycles. The summed E-state index contributed by atoms with van der Waals surface area (Å²) in [7, 11) is 0. The molecule has 1 atom stereocenters. The van der Waals surface area contributed by atoms with Crippen molar-refractivity contribution < 1.29 is 19.0 Å². The van der Waals surface area contributed by atoms with E-state index in [0.717, 1.165) is 19.6 Å². The van der Waals surface area contributed by atoms with Crippen molar-refractivity contribution in [2.24, 2.45) is 5.41 Å². The Morgan fingerprint density at radius 2 is 2.18 bits per heavy atom. The summed E-state index contributed by atoms with van der Waals surface area (Å²) in [6, 6.07) is 0. The Balaban J connectivity index is 2.19. The van der Waals surface area contributed by atoms with Crippen molar-refractivity contribution in [1.82, 2.24) is 0 Å². The third-order valence-electron chi connectivity index (χ3n) is 3.04. The second-order valence-electron chi connectivity index (χ2n) is 4.85. The zero-order valence-electron chi connectivity index (χ0n) is 11.0. The molecular weight excluding hydrogens is 220 g/mol. The second-order valence-corrected chi connectivity index (χ2v) is 4.85. The van der Waals surface area contributed by atoms with Crippen molar-refractivity contribution in [3.05, 3.63) is 12.2 Å². The van der Waals surface area contributed by atoms with Gasteiger partial charge in [0.2, 0.25) is 0 Å². The summed E-state index contributed by atoms with van der Waals surface area (Å²) in [5.41, 5.74) is 0.585. The van der Waals surface area contributed by atoms with Crippen molar-refractivity contribution in [2.45, 2.75) is 33.3 Å². The summed E-state index contributed by atoms with van der Waals surface area (Å²) in [5.74, 6) is -0.363. The van der Waals surface area contributed by atoms with Gasteiger partial charge in [0.25, 0.3) is 0 Å². The molecule has 0 N–H and O–H groups in total. The van der Waals surface area contributed by atoms with Gasteiger partial charge in [0.1, 0.15) is 6.61 Å². The van der Waals surface area contributed by atoms with Crippen LogP contribution in [-0.2, 0) is 19.0 Å². The molecule has 1 aliphatic heterocycles. The van der Waals surface area contributed by atoms with Crippen LogP contribution in [0.4, 0.5) is 0 Å². The number of esters is 1. The zero-order chi connectivity index (χ0) is 12.9. The van der Waals surface area contributed by atoms with Crippen LogP contribution >= 0.6 is 0 Å². The Hall–Kier alpha value is -0.870. The summed E-state index contributed by atoms with van der Waals surface area (Å²) in [5, 5.41) is 0. The van der Waals surface area contributed by atoms with Crippen molar-refractivity contribution in [2.75, 3.05) is 26.4 Å². The molecule has 0 bridgehead atoms. The highest BCUT2D eigenvalue weighted by molar-refractivity contribution is 5.86. The quantitative estimate of drug-likeness (QED) is 0.505. The van der Waals surface area contributed by atoms with E-state index >= 15 is 0 Å². The van der Waals surface area contributed by atoms with E-state index in [2.05, 4.69) is 13.5 Å². The monoisotopic (exact) mass is 242 g/mol. The lowest BCUT2D eigenvalue weighted by molar-refractivity contribution is -0.167. The third-order valence-corrected chi connectivity index (χ3v) is 3.04. The summed E-state index contributed by atoms with van der Waals surface area (Å²) >= 11 is 0. The Labute approximate surface area is 103 Å². The van der Waals surface area contributed by atoms with Crippen LogP contribution in [0.15, 0.2) is 12.2 Å². The number of hydrogen-bond donors (Lipinski definition) is 0. The maximum Gasteiger partial charge on any atom is 0.333 e. The van der Waals surface area contributed by atoms with Crippen LogP contribution in [0.1, 0.15) is 27.2 Å². The summed E-state index contributed by atoms with van der Waals surface area (Å²) < 4.78 is 15.9. The van der Waals surface area contributed by atoms with Crippen LogP contribution in [0.2, 0.25) is 0 Å². The van der Waals surface area contributed by atoms with Crippen LogP contribution in [-0.4, -0.2) is 38.5 Å². The number of ether oxygens (including phenoxy) is 3. The number of carbonyl (C=O) groups is 1. The predicted octanol–water partition coefficient (Wildman–Crippen LogP) is 1.94. The molecule has 0 aromatic carbocycles. The molecule has 0 aromatic rings. The van der Waals surface area contributed by atoms with Gasteiger partial charge in [-0.15, -0.1) is 0 Å². The molecule has 0 spiro atoms. The smallest absolute Gasteiger partial charge is 0.333 e. The summed E-state index contributed by atoms with van der Waals surface area (Å²) in [6.07, 6.45) is 0.952. The summed E-state index contributed by atoms with van der Waals surface area (Å²) in [6.45, 7) is 11.7. The van der Waals surface area contributed by atoms with Crippen molar-refractivity contribution in [1.29, 1.82) is 0 Å². The largest absolute Gasteiger partial charge is 0.460 e. The van der Waals surface area contributed by atoms with Gasteiger partial charge >= 0.3 is 5.97 Å². The first-order valence-electron chi connectivity index (χ1n) is 6.01. The first-order valence-corrected chi connectivity index (χ1v) is 6.01. The Bertz CT molecular complexity index is 276. The van der Waals surface area contributed by atoms with Gasteiger partial charge in [-0.1, -0.05) is 13.5 Å². The van der Waals surface area contributed by atoms with E-state index in [0.29, 0.717) is 12.2 Å². The van der Waals surface area contributed by atoms with E-state index < -0.39 is 0 Å². The third kappa shape index (κ3) is 4.13. The van der Waals surface area contributed by atoms with Gasteiger partial charge in [0.05, 0.1) is 25.9 Å². The average Bonchev–Trinajstić information content (AvgIpc) is 2.24. The van der Waals surface area contributed by atoms with Crippen molar-refractivity contribution in [3.63, 3.8) is 0 Å². The van der Waals surface area contributed by atoms with E-state index in [1.54, 1.807) is 6.92 Å². The van der Waals surface area contributed by atoms with Crippen molar-refractivity contribution in [3.8, 4) is 0 Å². The lowest BCUT2D eigenvalue weighted by Gasteiger charge is -2.41. The van der Waals surface area contributed by atoms with E-state index in [9.17, 15) is 4.79 Å². The molecule has 1 saturated heterocycles. The van der Waals surface area contributed by atoms with Crippen LogP contribution in [0.3, 0.4) is 0 Å². The standard InChI is InChI=1S/C13H22O4/c1-5-13(7-15-8-13)9-17-11(4)6-16-12(14)10(2)3/h11H,2,5-9H2,1,3-4H3. The molecule has 1 heterocycles. The maximum atomic E-state index is 11.2. The normalized spacial score (nSPS) is 19.2. The molecule has 1 unspecified atom stereocenters. The van der Waals surface area contributed by atoms with E-state index in [-0.39, 0.29) is 24.1 Å². The molecule has 0 amide bonds. The first-order chi connectivity index (χ1) is 7.99. The molecule has 1 fully saturated rings. The van der Waals surface area contributed by atoms with Gasteiger partial charge in [-0.25, -0.2) is 4.79 Å². The van der Waals surface area contributed by atoms with Crippen LogP contribution in [0.25, 0.3) is 0 Å². The van der Waals surface area contributed by atoms with Gasteiger partial charge in [-0.2, -0.15) is 0 Å². The minimum absolute atomic E-state index is 0.0951. The molecule has 0 radical (unpaired) electrons. The van der Waals surface area contributed by atoms with Gasteiger partial charge in [-0.05, 0) is 20.3 Å². The lowest BCUT2D eigenvalue weighted by Crippen LogP contribution is -2.46. The van der Waals surface area contributed by atoms with E-state index in [4.69, 9.17) is 14.2 Å². The molecule has 4 nitrogen and oxygen atoms in total. The van der Waals surface area contributed by atoms with Gasteiger partial charge in [-0.3, -0.25) is 0 Å². The molecule has 98 valence electrons. The van der Waals surface area contributed by atoms with E-state index in [1.165, 1.54) is 0 Å². The molecule has 4 heteroatoms. The SMILES string of the molecule is C=C(C)C(=O)OCC(C)OCC1(CC)COC1. The Morgan fingerprint density at radius 3 is 2.59 bits per heavy atom. The van der Waals surface area contributed by atoms with Crippen LogP contribution in [0.5, 0.6) is 0 Å². The van der Waals surface area contributed by atoms with Gasteiger partial charge in [0.15, 0.2) is 0 Å². The van der Waals surface area contributed by atoms with Crippen LogP contribution in [0, 0.1) is 5.41 Å². The second kappa shape index (κ2) is 6.17. The van der Waals surface area contributed by atoms with E-state index in [1.807, 2.05) is 6.92 Å². The highest BCUT2D eigenvalue weighted by Crippen LogP contribution is 2.31. The van der Waals surface area contributed by atoms with Gasteiger partial charge in [0, 0.05) is 11.0 Å². The maximum absolute atomic E-state index is 11.2. The molecular formula is C13H22O4. The number of carbonyl (C=O) groups excluding carboxylic acids is 1. The molecule has 1 aliphatic rings. The fourth-order valence-electron chi connectivity index (χ4n) is 1.46. The molecule has 1 rings (SSSR count).